The Labute approximate surface area is 119 Å². The van der Waals surface area contributed by atoms with Gasteiger partial charge in [-0.2, -0.15) is 14.0 Å². The van der Waals surface area contributed by atoms with Crippen LogP contribution < -0.4 is 10.1 Å². The Kier molecular flexibility index (Phi) is 4.38. The van der Waals surface area contributed by atoms with Crippen molar-refractivity contribution in [2.75, 3.05) is 5.32 Å². The number of alkyl halides is 2. The average molecular weight is 295 g/mol. The Bertz CT molecular complexity index is 639. The maximum Gasteiger partial charge on any atom is 0.387 e. The number of hydrogen-bond acceptors (Lipinski definition) is 3. The van der Waals surface area contributed by atoms with E-state index in [-0.39, 0.29) is 5.75 Å². The fraction of sp³-hybridized carbons (Fsp3) is 0.0714. The second kappa shape index (κ2) is 6.22. The summed E-state index contributed by atoms with van der Waals surface area (Å²) in [5.74, 6) is 0.0714. The van der Waals surface area contributed by atoms with E-state index in [1.165, 1.54) is 18.2 Å². The minimum absolute atomic E-state index is 0.0714. The Morgan fingerprint density at radius 1 is 1.15 bits per heavy atom. The van der Waals surface area contributed by atoms with Gasteiger partial charge in [-0.1, -0.05) is 11.6 Å². The highest BCUT2D eigenvalue weighted by molar-refractivity contribution is 6.30. The quantitative estimate of drug-likeness (QED) is 0.899. The molecule has 0 aliphatic carbocycles. The van der Waals surface area contributed by atoms with Gasteiger partial charge in [0.25, 0.3) is 0 Å². The van der Waals surface area contributed by atoms with Gasteiger partial charge >= 0.3 is 6.61 Å². The standard InChI is InChI=1S/C14H9ClF2N2O/c15-10-1-6-13(9(7-10)8-18)19-11-2-4-12(5-3-11)20-14(16)17/h1-7,14,19H. The van der Waals surface area contributed by atoms with E-state index in [0.717, 1.165) is 0 Å². The van der Waals surface area contributed by atoms with Crippen molar-refractivity contribution in [3.63, 3.8) is 0 Å². The molecule has 3 nitrogen and oxygen atoms in total. The summed E-state index contributed by atoms with van der Waals surface area (Å²) in [7, 11) is 0. The lowest BCUT2D eigenvalue weighted by molar-refractivity contribution is -0.0498. The molecule has 0 aromatic heterocycles. The molecule has 2 rings (SSSR count). The van der Waals surface area contributed by atoms with Gasteiger partial charge in [-0.25, -0.2) is 0 Å². The number of nitriles is 1. The number of nitrogens with zero attached hydrogens (tertiary/aromatic N) is 1. The maximum atomic E-state index is 12.0. The zero-order valence-corrected chi connectivity index (χ0v) is 10.9. The van der Waals surface area contributed by atoms with Crippen molar-refractivity contribution in [1.82, 2.24) is 0 Å². The Morgan fingerprint density at radius 2 is 1.85 bits per heavy atom. The van der Waals surface area contributed by atoms with E-state index in [1.807, 2.05) is 6.07 Å². The number of halogens is 3. The summed E-state index contributed by atoms with van der Waals surface area (Å²) in [5.41, 5.74) is 1.62. The number of anilines is 2. The van der Waals surface area contributed by atoms with Crippen molar-refractivity contribution in [3.8, 4) is 11.8 Å². The lowest BCUT2D eigenvalue weighted by Gasteiger charge is -2.09. The molecule has 0 heterocycles. The van der Waals surface area contributed by atoms with Gasteiger partial charge in [0, 0.05) is 10.7 Å². The van der Waals surface area contributed by atoms with Crippen LogP contribution in [-0.4, -0.2) is 6.61 Å². The molecule has 0 radical (unpaired) electrons. The summed E-state index contributed by atoms with van der Waals surface area (Å²) in [6.45, 7) is -2.85. The van der Waals surface area contributed by atoms with Gasteiger partial charge in [0.1, 0.15) is 11.8 Å². The van der Waals surface area contributed by atoms with E-state index in [9.17, 15) is 8.78 Å². The Balaban J connectivity index is 2.16. The summed E-state index contributed by atoms with van der Waals surface area (Å²) >= 11 is 5.80. The first-order valence-corrected chi connectivity index (χ1v) is 5.98. The van der Waals surface area contributed by atoms with Gasteiger partial charge in [-0.3, -0.25) is 0 Å². The predicted octanol–water partition coefficient (Wildman–Crippen LogP) is 4.56. The summed E-state index contributed by atoms with van der Waals surface area (Å²) in [5, 5.41) is 12.5. The van der Waals surface area contributed by atoms with Crippen LogP contribution in [0.3, 0.4) is 0 Å². The molecular weight excluding hydrogens is 286 g/mol. The van der Waals surface area contributed by atoms with Crippen LogP contribution in [0.4, 0.5) is 20.2 Å². The first kappa shape index (κ1) is 14.1. The number of benzene rings is 2. The normalized spacial score (nSPS) is 10.2. The van der Waals surface area contributed by atoms with E-state index in [4.69, 9.17) is 16.9 Å². The lowest BCUT2D eigenvalue weighted by Crippen LogP contribution is -2.01. The molecule has 0 atom stereocenters. The monoisotopic (exact) mass is 294 g/mol. The third kappa shape index (κ3) is 3.59. The molecule has 0 aliphatic heterocycles. The summed E-state index contributed by atoms with van der Waals surface area (Å²) in [4.78, 5) is 0. The van der Waals surface area contributed by atoms with Gasteiger partial charge in [0.2, 0.25) is 0 Å². The number of ether oxygens (including phenoxy) is 1. The van der Waals surface area contributed by atoms with Crippen LogP contribution in [-0.2, 0) is 0 Å². The van der Waals surface area contributed by atoms with E-state index in [1.54, 1.807) is 24.3 Å². The molecular formula is C14H9ClF2N2O. The van der Waals surface area contributed by atoms with Crippen LogP contribution in [0, 0.1) is 11.3 Å². The molecule has 1 N–H and O–H groups in total. The van der Waals surface area contributed by atoms with Gasteiger partial charge in [-0.05, 0) is 42.5 Å². The minimum Gasteiger partial charge on any atom is -0.435 e. The van der Waals surface area contributed by atoms with Crippen molar-refractivity contribution in [2.24, 2.45) is 0 Å². The summed E-state index contributed by atoms with van der Waals surface area (Å²) < 4.78 is 28.3. The van der Waals surface area contributed by atoms with Crippen LogP contribution >= 0.6 is 11.6 Å². The lowest BCUT2D eigenvalue weighted by atomic mass is 10.2. The second-order valence-electron chi connectivity index (χ2n) is 3.83. The zero-order valence-electron chi connectivity index (χ0n) is 10.1. The number of nitrogens with one attached hydrogen (secondary N) is 1. The molecule has 0 aliphatic rings. The largest absolute Gasteiger partial charge is 0.435 e. The zero-order chi connectivity index (χ0) is 14.5. The molecule has 2 aromatic rings. The summed E-state index contributed by atoms with van der Waals surface area (Å²) in [6.07, 6.45) is 0. The first-order chi connectivity index (χ1) is 9.58. The predicted molar refractivity (Wildman–Crippen MR) is 72.5 cm³/mol. The molecule has 0 spiro atoms. The maximum absolute atomic E-state index is 12.0. The molecule has 0 saturated heterocycles. The van der Waals surface area contributed by atoms with Crippen LogP contribution in [0.15, 0.2) is 42.5 Å². The van der Waals surface area contributed by atoms with Crippen molar-refractivity contribution in [1.29, 1.82) is 5.26 Å². The topological polar surface area (TPSA) is 45.0 Å². The van der Waals surface area contributed by atoms with Gasteiger partial charge < -0.3 is 10.1 Å². The fourth-order valence-corrected chi connectivity index (χ4v) is 1.77. The van der Waals surface area contributed by atoms with Crippen molar-refractivity contribution in [2.45, 2.75) is 6.61 Å². The Hall–Kier alpha value is -2.32. The van der Waals surface area contributed by atoms with E-state index in [2.05, 4.69) is 10.1 Å². The SMILES string of the molecule is N#Cc1cc(Cl)ccc1Nc1ccc(OC(F)F)cc1. The minimum atomic E-state index is -2.85. The first-order valence-electron chi connectivity index (χ1n) is 5.60. The van der Waals surface area contributed by atoms with E-state index in [0.29, 0.717) is 22.0 Å². The van der Waals surface area contributed by atoms with Gasteiger partial charge in [0.15, 0.2) is 0 Å². The van der Waals surface area contributed by atoms with Crippen LogP contribution in [0.1, 0.15) is 5.56 Å². The molecule has 0 unspecified atom stereocenters. The van der Waals surface area contributed by atoms with E-state index < -0.39 is 6.61 Å². The van der Waals surface area contributed by atoms with Crippen LogP contribution in [0.2, 0.25) is 5.02 Å². The molecule has 0 saturated carbocycles. The van der Waals surface area contributed by atoms with Crippen LogP contribution in [0.25, 0.3) is 0 Å². The molecule has 0 bridgehead atoms. The third-order valence-electron chi connectivity index (χ3n) is 2.46. The molecule has 0 fully saturated rings. The van der Waals surface area contributed by atoms with Gasteiger partial charge in [0.05, 0.1) is 11.3 Å². The van der Waals surface area contributed by atoms with Gasteiger partial charge in [-0.15, -0.1) is 0 Å². The van der Waals surface area contributed by atoms with E-state index >= 15 is 0 Å². The van der Waals surface area contributed by atoms with Crippen molar-refractivity contribution >= 4 is 23.0 Å². The molecule has 0 amide bonds. The summed E-state index contributed by atoms with van der Waals surface area (Å²) in [6, 6.07) is 12.9. The third-order valence-corrected chi connectivity index (χ3v) is 2.70. The average Bonchev–Trinajstić information content (AvgIpc) is 2.42. The second-order valence-corrected chi connectivity index (χ2v) is 4.27. The fourth-order valence-electron chi connectivity index (χ4n) is 1.59. The number of rotatable bonds is 4. The molecule has 20 heavy (non-hydrogen) atoms. The Morgan fingerprint density at radius 3 is 2.45 bits per heavy atom. The molecule has 2 aromatic carbocycles. The van der Waals surface area contributed by atoms with Crippen molar-refractivity contribution in [3.05, 3.63) is 53.1 Å². The highest BCUT2D eigenvalue weighted by Gasteiger charge is 2.06. The van der Waals surface area contributed by atoms with Crippen LogP contribution in [0.5, 0.6) is 5.75 Å². The highest BCUT2D eigenvalue weighted by atomic mass is 35.5. The highest BCUT2D eigenvalue weighted by Crippen LogP contribution is 2.25. The number of hydrogen-bond donors (Lipinski definition) is 1. The van der Waals surface area contributed by atoms with Crippen molar-refractivity contribution < 1.29 is 13.5 Å². The molecule has 102 valence electrons. The smallest absolute Gasteiger partial charge is 0.387 e. The molecule has 6 heteroatoms.